The standard InChI is InChI=1S/C13H18ClN3O4/c1-8-6-10-9(7-17(8)13(19)20)12(21-16-10)15-11(18)4-2-3-5-14/h8H,2-7H2,1H3,(H,15,18)(H,19,20)/t8-/m0/s1. The molecule has 0 spiro atoms. The Labute approximate surface area is 127 Å². The number of carbonyl (C=O) groups excluding carboxylic acids is 1. The van der Waals surface area contributed by atoms with E-state index in [4.69, 9.17) is 21.2 Å². The van der Waals surface area contributed by atoms with Crippen molar-refractivity contribution in [1.29, 1.82) is 0 Å². The zero-order chi connectivity index (χ0) is 15.4. The van der Waals surface area contributed by atoms with Gasteiger partial charge in [-0.3, -0.25) is 10.1 Å². The van der Waals surface area contributed by atoms with Gasteiger partial charge in [0.05, 0.1) is 17.8 Å². The molecule has 2 amide bonds. The zero-order valence-electron chi connectivity index (χ0n) is 11.8. The van der Waals surface area contributed by atoms with E-state index >= 15 is 0 Å². The molecule has 0 saturated heterocycles. The van der Waals surface area contributed by atoms with Gasteiger partial charge in [0.15, 0.2) is 0 Å². The molecule has 8 heteroatoms. The molecule has 0 fully saturated rings. The number of hydrogen-bond donors (Lipinski definition) is 2. The first kappa shape index (κ1) is 15.6. The van der Waals surface area contributed by atoms with Crippen LogP contribution < -0.4 is 5.32 Å². The Morgan fingerprint density at radius 1 is 1.52 bits per heavy atom. The first-order chi connectivity index (χ1) is 10.0. The van der Waals surface area contributed by atoms with Crippen LogP contribution in [0.2, 0.25) is 0 Å². The fraction of sp³-hybridized carbons (Fsp3) is 0.615. The summed E-state index contributed by atoms with van der Waals surface area (Å²) in [7, 11) is 0. The number of carbonyl (C=O) groups is 2. The second kappa shape index (κ2) is 6.80. The topological polar surface area (TPSA) is 95.7 Å². The number of nitrogens with zero attached hydrogens (tertiary/aromatic N) is 2. The van der Waals surface area contributed by atoms with Crippen LogP contribution in [0.4, 0.5) is 10.7 Å². The predicted octanol–water partition coefficient (Wildman–Crippen LogP) is 2.45. The first-order valence-electron chi connectivity index (χ1n) is 6.85. The number of aromatic nitrogens is 1. The molecule has 0 bridgehead atoms. The summed E-state index contributed by atoms with van der Waals surface area (Å²) in [6, 6.07) is -0.160. The van der Waals surface area contributed by atoms with E-state index in [1.165, 1.54) is 4.90 Å². The molecule has 0 radical (unpaired) electrons. The van der Waals surface area contributed by atoms with Gasteiger partial charge >= 0.3 is 6.09 Å². The van der Waals surface area contributed by atoms with E-state index in [9.17, 15) is 9.59 Å². The number of rotatable bonds is 5. The molecule has 0 unspecified atom stereocenters. The second-order valence-electron chi connectivity index (χ2n) is 5.09. The van der Waals surface area contributed by atoms with Crippen molar-refractivity contribution in [2.24, 2.45) is 0 Å². The molecule has 0 aromatic carbocycles. The van der Waals surface area contributed by atoms with Gasteiger partial charge in [-0.25, -0.2) is 4.79 Å². The number of fused-ring (bicyclic) bond motifs is 1. The summed E-state index contributed by atoms with van der Waals surface area (Å²) >= 11 is 5.56. The third kappa shape index (κ3) is 3.66. The van der Waals surface area contributed by atoms with Gasteiger partial charge in [0.1, 0.15) is 0 Å². The van der Waals surface area contributed by atoms with Crippen molar-refractivity contribution in [3.63, 3.8) is 0 Å². The van der Waals surface area contributed by atoms with Gasteiger partial charge in [0.2, 0.25) is 11.8 Å². The molecule has 1 aliphatic heterocycles. The molecule has 2 rings (SSSR count). The number of nitrogens with one attached hydrogen (secondary N) is 1. The lowest BCUT2D eigenvalue weighted by Crippen LogP contribution is -2.41. The van der Waals surface area contributed by atoms with Crippen LogP contribution in [-0.4, -0.2) is 39.1 Å². The van der Waals surface area contributed by atoms with Crippen LogP contribution in [0.1, 0.15) is 37.4 Å². The average molecular weight is 316 g/mol. The highest BCUT2D eigenvalue weighted by molar-refractivity contribution is 6.17. The van der Waals surface area contributed by atoms with Crippen LogP contribution in [0.15, 0.2) is 4.52 Å². The van der Waals surface area contributed by atoms with Gasteiger partial charge in [-0.05, 0) is 19.8 Å². The summed E-state index contributed by atoms with van der Waals surface area (Å²) in [5, 5.41) is 15.7. The zero-order valence-corrected chi connectivity index (χ0v) is 12.5. The maximum Gasteiger partial charge on any atom is 0.407 e. The van der Waals surface area contributed by atoms with Crippen LogP contribution in [0.3, 0.4) is 0 Å². The minimum absolute atomic E-state index is 0.160. The van der Waals surface area contributed by atoms with E-state index < -0.39 is 6.09 Å². The molecule has 0 saturated carbocycles. The average Bonchev–Trinajstić information content (AvgIpc) is 2.80. The maximum absolute atomic E-state index is 11.8. The van der Waals surface area contributed by atoms with E-state index in [0.29, 0.717) is 36.4 Å². The van der Waals surface area contributed by atoms with Gasteiger partial charge in [0, 0.05) is 24.8 Å². The van der Waals surface area contributed by atoms with E-state index in [0.717, 1.165) is 6.42 Å². The Kier molecular flexibility index (Phi) is 5.06. The smallest absolute Gasteiger partial charge is 0.407 e. The van der Waals surface area contributed by atoms with Crippen molar-refractivity contribution in [2.75, 3.05) is 11.2 Å². The molecule has 0 aliphatic carbocycles. The van der Waals surface area contributed by atoms with Crippen molar-refractivity contribution in [1.82, 2.24) is 10.1 Å². The lowest BCUT2D eigenvalue weighted by molar-refractivity contribution is -0.116. The summed E-state index contributed by atoms with van der Waals surface area (Å²) in [4.78, 5) is 24.3. The monoisotopic (exact) mass is 315 g/mol. The Bertz CT molecular complexity index is 531. The first-order valence-corrected chi connectivity index (χ1v) is 7.39. The number of unbranched alkanes of at least 4 members (excludes halogenated alkanes) is 1. The van der Waals surface area contributed by atoms with E-state index in [-0.39, 0.29) is 24.4 Å². The molecule has 116 valence electrons. The summed E-state index contributed by atoms with van der Waals surface area (Å²) in [5.41, 5.74) is 1.34. The fourth-order valence-electron chi connectivity index (χ4n) is 2.31. The number of amides is 2. The van der Waals surface area contributed by atoms with Crippen LogP contribution in [0.5, 0.6) is 0 Å². The third-order valence-corrected chi connectivity index (χ3v) is 3.77. The summed E-state index contributed by atoms with van der Waals surface area (Å²) in [6.07, 6.45) is 1.31. The van der Waals surface area contributed by atoms with Gasteiger partial charge in [0.25, 0.3) is 0 Å². The molecule has 7 nitrogen and oxygen atoms in total. The predicted molar refractivity (Wildman–Crippen MR) is 76.4 cm³/mol. The number of anilines is 1. The molecule has 21 heavy (non-hydrogen) atoms. The summed E-state index contributed by atoms with van der Waals surface area (Å²) in [6.45, 7) is 1.99. The number of carboxylic acid groups (broad SMARTS) is 1. The molecule has 1 aromatic heterocycles. The molecule has 1 atom stereocenters. The lowest BCUT2D eigenvalue weighted by Gasteiger charge is -2.29. The van der Waals surface area contributed by atoms with Crippen molar-refractivity contribution in [2.45, 2.75) is 45.2 Å². The van der Waals surface area contributed by atoms with Gasteiger partial charge in [-0.2, -0.15) is 0 Å². The maximum atomic E-state index is 11.8. The molecule has 2 N–H and O–H groups in total. The highest BCUT2D eigenvalue weighted by atomic mass is 35.5. The summed E-state index contributed by atoms with van der Waals surface area (Å²) in [5.74, 6) is 0.592. The number of hydrogen-bond acceptors (Lipinski definition) is 4. The summed E-state index contributed by atoms with van der Waals surface area (Å²) < 4.78 is 5.14. The fourth-order valence-corrected chi connectivity index (χ4v) is 2.49. The Morgan fingerprint density at radius 2 is 2.29 bits per heavy atom. The number of alkyl halides is 1. The van der Waals surface area contributed by atoms with Gasteiger partial charge in [-0.1, -0.05) is 5.16 Å². The van der Waals surface area contributed by atoms with Crippen LogP contribution >= 0.6 is 11.6 Å². The quantitative estimate of drug-likeness (QED) is 0.642. The molecule has 1 aromatic rings. The highest BCUT2D eigenvalue weighted by Gasteiger charge is 2.32. The van der Waals surface area contributed by atoms with E-state index in [1.807, 2.05) is 6.92 Å². The minimum Gasteiger partial charge on any atom is -0.465 e. The Balaban J connectivity index is 2.04. The Morgan fingerprint density at radius 3 is 2.95 bits per heavy atom. The van der Waals surface area contributed by atoms with Crippen LogP contribution in [-0.2, 0) is 17.8 Å². The normalized spacial score (nSPS) is 17.4. The minimum atomic E-state index is -0.992. The highest BCUT2D eigenvalue weighted by Crippen LogP contribution is 2.29. The van der Waals surface area contributed by atoms with Crippen LogP contribution in [0.25, 0.3) is 0 Å². The molecule has 1 aliphatic rings. The third-order valence-electron chi connectivity index (χ3n) is 3.50. The molecular weight excluding hydrogens is 298 g/mol. The number of halogens is 1. The van der Waals surface area contributed by atoms with Crippen molar-refractivity contribution in [3.8, 4) is 0 Å². The largest absolute Gasteiger partial charge is 0.465 e. The van der Waals surface area contributed by atoms with Crippen LogP contribution in [0, 0.1) is 0 Å². The van der Waals surface area contributed by atoms with Crippen molar-refractivity contribution >= 4 is 29.5 Å². The van der Waals surface area contributed by atoms with Crippen molar-refractivity contribution < 1.29 is 19.2 Å². The molecule has 2 heterocycles. The molecular formula is C13H18ClN3O4. The van der Waals surface area contributed by atoms with Crippen molar-refractivity contribution in [3.05, 3.63) is 11.3 Å². The van der Waals surface area contributed by atoms with E-state index in [2.05, 4.69) is 10.5 Å². The SMILES string of the molecule is C[C@H]1Cc2noc(NC(=O)CCCCCl)c2CN1C(=O)O. The van der Waals surface area contributed by atoms with Gasteiger partial charge in [-0.15, -0.1) is 11.6 Å². The lowest BCUT2D eigenvalue weighted by atomic mass is 10.0. The van der Waals surface area contributed by atoms with E-state index in [1.54, 1.807) is 0 Å². The Hall–Kier alpha value is -1.76. The van der Waals surface area contributed by atoms with Gasteiger partial charge < -0.3 is 14.5 Å². The second-order valence-corrected chi connectivity index (χ2v) is 5.47.